The minimum atomic E-state index is -1.17. The van der Waals surface area contributed by atoms with Crippen LogP contribution in [0.4, 0.5) is 5.69 Å². The van der Waals surface area contributed by atoms with Gasteiger partial charge in [0.2, 0.25) is 5.91 Å². The van der Waals surface area contributed by atoms with Gasteiger partial charge in [-0.05, 0) is 17.7 Å². The third-order valence-electron chi connectivity index (χ3n) is 2.73. The molecule has 0 spiro atoms. The van der Waals surface area contributed by atoms with Crippen molar-refractivity contribution in [2.24, 2.45) is 0 Å². The second-order valence-corrected chi connectivity index (χ2v) is 4.45. The molecule has 0 saturated carbocycles. The normalized spacial score (nSPS) is 11.5. The summed E-state index contributed by atoms with van der Waals surface area (Å²) in [5.41, 5.74) is 6.82. The van der Waals surface area contributed by atoms with Gasteiger partial charge in [-0.1, -0.05) is 12.1 Å². The number of carboxylic acids is 1. The SMILES string of the molecule is COC(=O)C[C@@H](NC(=O)COCC(=O)O)c1ccc(N)cc1. The summed E-state index contributed by atoms with van der Waals surface area (Å²) in [5, 5.41) is 11.0. The van der Waals surface area contributed by atoms with E-state index in [2.05, 4.69) is 10.1 Å². The minimum Gasteiger partial charge on any atom is -0.480 e. The minimum absolute atomic E-state index is 0.0644. The fourth-order valence-corrected chi connectivity index (χ4v) is 1.70. The lowest BCUT2D eigenvalue weighted by Gasteiger charge is -2.18. The van der Waals surface area contributed by atoms with Gasteiger partial charge in [0, 0.05) is 5.69 Å². The van der Waals surface area contributed by atoms with Gasteiger partial charge in [0.1, 0.15) is 13.2 Å². The van der Waals surface area contributed by atoms with Crippen LogP contribution in [0, 0.1) is 0 Å². The van der Waals surface area contributed by atoms with E-state index in [4.69, 9.17) is 15.6 Å². The molecule has 0 aliphatic heterocycles. The maximum Gasteiger partial charge on any atom is 0.329 e. The molecule has 0 heterocycles. The zero-order valence-electron chi connectivity index (χ0n) is 12.1. The summed E-state index contributed by atoms with van der Waals surface area (Å²) in [6.45, 7) is -0.990. The molecule has 0 bridgehead atoms. The molecule has 0 unspecified atom stereocenters. The van der Waals surface area contributed by atoms with Gasteiger partial charge < -0.3 is 25.6 Å². The highest BCUT2D eigenvalue weighted by molar-refractivity contribution is 5.79. The molecule has 0 fully saturated rings. The molecule has 8 nitrogen and oxygen atoms in total. The summed E-state index contributed by atoms with van der Waals surface area (Å²) in [4.78, 5) is 33.5. The van der Waals surface area contributed by atoms with Crippen molar-refractivity contribution in [3.8, 4) is 0 Å². The third-order valence-corrected chi connectivity index (χ3v) is 2.73. The van der Waals surface area contributed by atoms with Crippen LogP contribution in [0.3, 0.4) is 0 Å². The van der Waals surface area contributed by atoms with Crippen molar-refractivity contribution >= 4 is 23.5 Å². The number of nitrogens with one attached hydrogen (secondary N) is 1. The number of nitrogens with two attached hydrogens (primary N) is 1. The summed E-state index contributed by atoms with van der Waals surface area (Å²) < 4.78 is 9.29. The lowest BCUT2D eigenvalue weighted by Crippen LogP contribution is -2.33. The van der Waals surface area contributed by atoms with Gasteiger partial charge in [0.15, 0.2) is 0 Å². The molecular weight excluding hydrogens is 292 g/mol. The Morgan fingerprint density at radius 1 is 1.23 bits per heavy atom. The second-order valence-electron chi connectivity index (χ2n) is 4.45. The first-order valence-electron chi connectivity index (χ1n) is 6.43. The fourth-order valence-electron chi connectivity index (χ4n) is 1.70. The molecule has 8 heteroatoms. The fraction of sp³-hybridized carbons (Fsp3) is 0.357. The van der Waals surface area contributed by atoms with E-state index in [1.807, 2.05) is 0 Å². The highest BCUT2D eigenvalue weighted by atomic mass is 16.5. The van der Waals surface area contributed by atoms with E-state index in [-0.39, 0.29) is 6.42 Å². The Balaban J connectivity index is 2.69. The van der Waals surface area contributed by atoms with Gasteiger partial charge in [0.25, 0.3) is 0 Å². The molecule has 0 aliphatic rings. The standard InChI is InChI=1S/C14H18N2O6/c1-21-14(20)6-11(9-2-4-10(15)5-3-9)16-12(17)7-22-8-13(18)19/h2-5,11H,6-8,15H2,1H3,(H,16,17)(H,18,19)/t11-/m1/s1. The number of carboxylic acid groups (broad SMARTS) is 1. The molecule has 1 rings (SSSR count). The molecule has 1 aromatic carbocycles. The van der Waals surface area contributed by atoms with Crippen molar-refractivity contribution in [1.29, 1.82) is 0 Å². The molecule has 1 atom stereocenters. The highest BCUT2D eigenvalue weighted by Gasteiger charge is 2.19. The topological polar surface area (TPSA) is 128 Å². The van der Waals surface area contributed by atoms with Gasteiger partial charge >= 0.3 is 11.9 Å². The Labute approximate surface area is 127 Å². The molecule has 22 heavy (non-hydrogen) atoms. The molecule has 1 amide bonds. The number of aliphatic carboxylic acids is 1. The zero-order chi connectivity index (χ0) is 16.5. The number of methoxy groups -OCH3 is 1. The molecule has 0 saturated heterocycles. The number of nitrogen functional groups attached to an aromatic ring is 1. The van der Waals surface area contributed by atoms with Crippen LogP contribution in [0.1, 0.15) is 18.0 Å². The number of esters is 1. The first kappa shape index (κ1) is 17.4. The number of carbonyl (C=O) groups is 3. The Hall–Kier alpha value is -2.61. The van der Waals surface area contributed by atoms with Crippen molar-refractivity contribution in [1.82, 2.24) is 5.32 Å². The Kier molecular flexibility index (Phi) is 6.84. The summed E-state index contributed by atoms with van der Waals surface area (Å²) in [7, 11) is 1.25. The van der Waals surface area contributed by atoms with Crippen LogP contribution in [-0.2, 0) is 23.9 Å². The zero-order valence-corrected chi connectivity index (χ0v) is 12.1. The lowest BCUT2D eigenvalue weighted by atomic mass is 10.0. The summed E-state index contributed by atoms with van der Waals surface area (Å²) >= 11 is 0. The molecule has 120 valence electrons. The summed E-state index contributed by atoms with van der Waals surface area (Å²) in [6.07, 6.45) is -0.0644. The van der Waals surface area contributed by atoms with Crippen molar-refractivity contribution < 1.29 is 29.0 Å². The lowest BCUT2D eigenvalue weighted by molar-refractivity contribution is -0.143. The Morgan fingerprint density at radius 2 is 1.86 bits per heavy atom. The first-order valence-corrected chi connectivity index (χ1v) is 6.43. The third kappa shape index (κ3) is 6.23. The predicted octanol–water partition coefficient (Wildman–Crippen LogP) is 0.0904. The quantitative estimate of drug-likeness (QED) is 0.458. The molecule has 0 radical (unpaired) electrons. The largest absolute Gasteiger partial charge is 0.480 e. The molecular formula is C14H18N2O6. The van der Waals surface area contributed by atoms with Crippen LogP contribution in [0.15, 0.2) is 24.3 Å². The Bertz CT molecular complexity index is 529. The van der Waals surface area contributed by atoms with Gasteiger partial charge in [-0.15, -0.1) is 0 Å². The molecule has 1 aromatic rings. The van der Waals surface area contributed by atoms with E-state index in [1.54, 1.807) is 24.3 Å². The number of hydrogen-bond acceptors (Lipinski definition) is 6. The van der Waals surface area contributed by atoms with Crippen molar-refractivity contribution in [2.75, 3.05) is 26.1 Å². The van der Waals surface area contributed by atoms with Crippen LogP contribution in [0.25, 0.3) is 0 Å². The van der Waals surface area contributed by atoms with Gasteiger partial charge in [0.05, 0.1) is 19.6 Å². The van der Waals surface area contributed by atoms with Crippen LogP contribution in [0.5, 0.6) is 0 Å². The predicted molar refractivity (Wildman–Crippen MR) is 76.8 cm³/mol. The number of rotatable bonds is 8. The highest BCUT2D eigenvalue weighted by Crippen LogP contribution is 2.18. The number of benzene rings is 1. The van der Waals surface area contributed by atoms with E-state index in [0.29, 0.717) is 11.3 Å². The van der Waals surface area contributed by atoms with E-state index < -0.39 is 37.1 Å². The number of hydrogen-bond donors (Lipinski definition) is 3. The average molecular weight is 310 g/mol. The second kappa shape index (κ2) is 8.63. The van der Waals surface area contributed by atoms with Gasteiger partial charge in [-0.3, -0.25) is 9.59 Å². The molecule has 0 aliphatic carbocycles. The van der Waals surface area contributed by atoms with Crippen molar-refractivity contribution in [3.05, 3.63) is 29.8 Å². The van der Waals surface area contributed by atoms with E-state index in [1.165, 1.54) is 7.11 Å². The number of anilines is 1. The van der Waals surface area contributed by atoms with Crippen LogP contribution in [0.2, 0.25) is 0 Å². The maximum absolute atomic E-state index is 11.7. The number of carbonyl (C=O) groups excluding carboxylic acids is 2. The Morgan fingerprint density at radius 3 is 2.41 bits per heavy atom. The van der Waals surface area contributed by atoms with Crippen LogP contribution >= 0.6 is 0 Å². The number of amides is 1. The van der Waals surface area contributed by atoms with E-state index in [9.17, 15) is 14.4 Å². The van der Waals surface area contributed by atoms with Crippen molar-refractivity contribution in [2.45, 2.75) is 12.5 Å². The van der Waals surface area contributed by atoms with Gasteiger partial charge in [-0.25, -0.2) is 4.79 Å². The van der Waals surface area contributed by atoms with Gasteiger partial charge in [-0.2, -0.15) is 0 Å². The van der Waals surface area contributed by atoms with E-state index >= 15 is 0 Å². The average Bonchev–Trinajstić information content (AvgIpc) is 2.46. The number of ether oxygens (including phenoxy) is 2. The first-order chi connectivity index (χ1) is 10.4. The van der Waals surface area contributed by atoms with Crippen LogP contribution < -0.4 is 11.1 Å². The monoisotopic (exact) mass is 310 g/mol. The smallest absolute Gasteiger partial charge is 0.329 e. The van der Waals surface area contributed by atoms with Crippen LogP contribution in [-0.4, -0.2) is 43.3 Å². The maximum atomic E-state index is 11.7. The van der Waals surface area contributed by atoms with Crippen molar-refractivity contribution in [3.63, 3.8) is 0 Å². The summed E-state index contributed by atoms with van der Waals surface area (Å²) in [6, 6.07) is 6.04. The summed E-state index contributed by atoms with van der Waals surface area (Å²) in [5.74, 6) is -2.20. The van der Waals surface area contributed by atoms with E-state index in [0.717, 1.165) is 0 Å². The molecule has 4 N–H and O–H groups in total. The molecule has 0 aromatic heterocycles.